The third-order valence-electron chi connectivity index (χ3n) is 4.32. The largest absolute Gasteiger partial charge is 0.352 e. The Kier molecular flexibility index (Phi) is 7.93. The van der Waals surface area contributed by atoms with E-state index in [2.05, 4.69) is 10.6 Å². The van der Waals surface area contributed by atoms with Crippen LogP contribution in [0, 0.1) is 0 Å². The minimum absolute atomic E-state index is 0.205. The van der Waals surface area contributed by atoms with Gasteiger partial charge in [0.05, 0.1) is 4.90 Å². The maximum absolute atomic E-state index is 12.6. The number of piperidine rings is 1. The number of benzene rings is 1. The van der Waals surface area contributed by atoms with E-state index < -0.39 is 28.0 Å². The third kappa shape index (κ3) is 6.12. The number of hydrogen-bond acceptors (Lipinski definition) is 5. The van der Waals surface area contributed by atoms with Gasteiger partial charge >= 0.3 is 6.03 Å². The first-order valence-electron chi connectivity index (χ1n) is 8.80. The van der Waals surface area contributed by atoms with Gasteiger partial charge < -0.3 is 16.4 Å². The number of amides is 3. The summed E-state index contributed by atoms with van der Waals surface area (Å²) in [5.41, 5.74) is 5.58. The normalized spacial score (nSPS) is 16.5. The van der Waals surface area contributed by atoms with Crippen molar-refractivity contribution in [3.8, 4) is 0 Å². The highest BCUT2D eigenvalue weighted by Gasteiger charge is 2.26. The molecule has 8 nitrogen and oxygen atoms in total. The average molecular weight is 415 g/mol. The van der Waals surface area contributed by atoms with Gasteiger partial charge in [-0.3, -0.25) is 4.79 Å². The summed E-state index contributed by atoms with van der Waals surface area (Å²) in [5.74, 6) is 0.292. The molecular weight excluding hydrogens is 388 g/mol. The average Bonchev–Trinajstić information content (AvgIpc) is 2.66. The number of hydrogen-bond donors (Lipinski definition) is 3. The van der Waals surface area contributed by atoms with Crippen molar-refractivity contribution in [2.24, 2.45) is 5.73 Å². The highest BCUT2D eigenvalue weighted by molar-refractivity contribution is 7.98. The molecule has 1 heterocycles. The monoisotopic (exact) mass is 414 g/mol. The summed E-state index contributed by atoms with van der Waals surface area (Å²) in [6.07, 6.45) is 5.14. The van der Waals surface area contributed by atoms with E-state index >= 15 is 0 Å². The fourth-order valence-corrected chi connectivity index (χ4v) is 4.86. The second kappa shape index (κ2) is 9.95. The molecule has 1 aromatic carbocycles. The number of urea groups is 1. The van der Waals surface area contributed by atoms with Gasteiger partial charge in [-0.1, -0.05) is 6.42 Å². The van der Waals surface area contributed by atoms with Crippen LogP contribution in [0.4, 0.5) is 10.5 Å². The van der Waals surface area contributed by atoms with Gasteiger partial charge in [0, 0.05) is 18.8 Å². The lowest BCUT2D eigenvalue weighted by atomic mass is 10.2. The molecule has 1 aromatic rings. The molecule has 10 heteroatoms. The Balaban J connectivity index is 2.05. The van der Waals surface area contributed by atoms with Crippen LogP contribution in [-0.2, 0) is 14.8 Å². The molecule has 1 saturated heterocycles. The van der Waals surface area contributed by atoms with Crippen LogP contribution in [0.1, 0.15) is 25.7 Å². The maximum atomic E-state index is 12.6. The zero-order valence-corrected chi connectivity index (χ0v) is 16.9. The predicted octanol–water partition coefficient (Wildman–Crippen LogP) is 1.59. The summed E-state index contributed by atoms with van der Waals surface area (Å²) >= 11 is 1.56. The number of sulfonamides is 1. The Morgan fingerprint density at radius 2 is 1.81 bits per heavy atom. The molecule has 0 saturated carbocycles. The highest BCUT2D eigenvalue weighted by atomic mass is 32.2. The quantitative estimate of drug-likeness (QED) is 0.596. The third-order valence-corrected chi connectivity index (χ3v) is 6.88. The van der Waals surface area contributed by atoms with Gasteiger partial charge in [0.15, 0.2) is 0 Å². The number of nitrogens with two attached hydrogens (primary N) is 1. The van der Waals surface area contributed by atoms with Crippen molar-refractivity contribution in [3.05, 3.63) is 24.3 Å². The molecule has 4 N–H and O–H groups in total. The number of anilines is 1. The van der Waals surface area contributed by atoms with E-state index in [4.69, 9.17) is 5.73 Å². The van der Waals surface area contributed by atoms with E-state index in [-0.39, 0.29) is 4.90 Å². The van der Waals surface area contributed by atoms with Crippen molar-refractivity contribution >= 4 is 39.4 Å². The molecule has 0 bridgehead atoms. The molecule has 0 aromatic heterocycles. The van der Waals surface area contributed by atoms with Crippen LogP contribution in [0.3, 0.4) is 0 Å². The standard InChI is InChI=1S/C17H26N4O4S2/c1-26-12-9-15(20-17(18)23)16(22)19-13-5-7-14(8-6-13)27(24,25)21-10-3-2-4-11-21/h5-8,15H,2-4,9-12H2,1H3,(H,19,22)(H3,18,20,23)/t15-/m1/s1. The minimum Gasteiger partial charge on any atom is -0.352 e. The first-order chi connectivity index (χ1) is 12.8. The first-order valence-corrected chi connectivity index (χ1v) is 11.6. The number of nitrogens with one attached hydrogen (secondary N) is 2. The van der Waals surface area contributed by atoms with Crippen LogP contribution < -0.4 is 16.4 Å². The van der Waals surface area contributed by atoms with Gasteiger partial charge in [-0.25, -0.2) is 13.2 Å². The first kappa shape index (κ1) is 21.5. The Morgan fingerprint density at radius 3 is 2.37 bits per heavy atom. The number of carbonyl (C=O) groups is 2. The number of thioether (sulfide) groups is 1. The molecular formula is C17H26N4O4S2. The Morgan fingerprint density at radius 1 is 1.19 bits per heavy atom. The second-order valence-corrected chi connectivity index (χ2v) is 9.24. The molecule has 150 valence electrons. The summed E-state index contributed by atoms with van der Waals surface area (Å²) in [7, 11) is -3.51. The van der Waals surface area contributed by atoms with Crippen LogP contribution in [0.15, 0.2) is 29.2 Å². The summed E-state index contributed by atoms with van der Waals surface area (Å²) in [6.45, 7) is 1.08. The van der Waals surface area contributed by atoms with Gasteiger partial charge in [-0.2, -0.15) is 16.1 Å². The van der Waals surface area contributed by atoms with Crippen molar-refractivity contribution in [1.29, 1.82) is 0 Å². The van der Waals surface area contributed by atoms with Crippen LogP contribution in [0.2, 0.25) is 0 Å². The van der Waals surface area contributed by atoms with Crippen LogP contribution in [0.25, 0.3) is 0 Å². The van der Waals surface area contributed by atoms with Crippen LogP contribution in [-0.4, -0.2) is 55.8 Å². The van der Waals surface area contributed by atoms with Crippen molar-refractivity contribution in [3.63, 3.8) is 0 Å². The molecule has 0 unspecified atom stereocenters. The van der Waals surface area contributed by atoms with E-state index in [1.165, 1.54) is 16.4 Å². The highest BCUT2D eigenvalue weighted by Crippen LogP contribution is 2.22. The smallest absolute Gasteiger partial charge is 0.312 e. The minimum atomic E-state index is -3.51. The SMILES string of the molecule is CSCC[C@@H](NC(N)=O)C(=O)Nc1ccc(S(=O)(=O)N2CCCCC2)cc1. The lowest BCUT2D eigenvalue weighted by Gasteiger charge is -2.26. The molecule has 2 rings (SSSR count). The molecule has 1 aliphatic rings. The lowest BCUT2D eigenvalue weighted by molar-refractivity contribution is -0.117. The summed E-state index contributed by atoms with van der Waals surface area (Å²) in [4.78, 5) is 23.7. The van der Waals surface area contributed by atoms with Gasteiger partial charge in [0.2, 0.25) is 15.9 Å². The summed E-state index contributed by atoms with van der Waals surface area (Å²) in [6, 6.07) is 4.55. The van der Waals surface area contributed by atoms with E-state index in [1.54, 1.807) is 23.9 Å². The molecule has 0 aliphatic carbocycles. The van der Waals surface area contributed by atoms with Gasteiger partial charge in [0.25, 0.3) is 0 Å². The molecule has 0 spiro atoms. The Bertz CT molecular complexity index is 747. The Labute approximate surface area is 164 Å². The summed E-state index contributed by atoms with van der Waals surface area (Å²) in [5, 5.41) is 5.11. The van der Waals surface area contributed by atoms with Crippen LogP contribution in [0.5, 0.6) is 0 Å². The zero-order valence-electron chi connectivity index (χ0n) is 15.3. The van der Waals surface area contributed by atoms with Crippen molar-refractivity contribution in [2.45, 2.75) is 36.6 Å². The van der Waals surface area contributed by atoms with Crippen LogP contribution >= 0.6 is 11.8 Å². The predicted molar refractivity (Wildman–Crippen MR) is 107 cm³/mol. The van der Waals surface area contributed by atoms with Gasteiger partial charge in [-0.05, 0) is 55.5 Å². The topological polar surface area (TPSA) is 122 Å². The number of carbonyl (C=O) groups excluding carboxylic acids is 2. The molecule has 27 heavy (non-hydrogen) atoms. The summed E-state index contributed by atoms with van der Waals surface area (Å²) < 4.78 is 26.8. The second-order valence-electron chi connectivity index (χ2n) is 6.32. The molecule has 1 aliphatic heterocycles. The fourth-order valence-electron chi connectivity index (χ4n) is 2.87. The van der Waals surface area contributed by atoms with Crippen molar-refractivity contribution < 1.29 is 18.0 Å². The molecule has 1 fully saturated rings. The van der Waals surface area contributed by atoms with Crippen molar-refractivity contribution in [2.75, 3.05) is 30.4 Å². The Hall–Kier alpha value is -1.78. The number of nitrogens with zero attached hydrogens (tertiary/aromatic N) is 1. The molecule has 0 radical (unpaired) electrons. The lowest BCUT2D eigenvalue weighted by Crippen LogP contribution is -2.46. The number of primary amides is 1. The van der Waals surface area contributed by atoms with Gasteiger partial charge in [0.1, 0.15) is 6.04 Å². The van der Waals surface area contributed by atoms with E-state index in [0.29, 0.717) is 31.0 Å². The van der Waals surface area contributed by atoms with E-state index in [1.807, 2.05) is 6.26 Å². The van der Waals surface area contributed by atoms with E-state index in [9.17, 15) is 18.0 Å². The zero-order chi connectivity index (χ0) is 19.9. The molecule has 3 amide bonds. The molecule has 1 atom stereocenters. The maximum Gasteiger partial charge on any atom is 0.312 e. The fraction of sp³-hybridized carbons (Fsp3) is 0.529. The van der Waals surface area contributed by atoms with Gasteiger partial charge in [-0.15, -0.1) is 0 Å². The van der Waals surface area contributed by atoms with Crippen molar-refractivity contribution in [1.82, 2.24) is 9.62 Å². The number of rotatable bonds is 8. The van der Waals surface area contributed by atoms with E-state index in [0.717, 1.165) is 19.3 Å².